The van der Waals surface area contributed by atoms with Crippen LogP contribution in [0.2, 0.25) is 0 Å². The lowest BCUT2D eigenvalue weighted by molar-refractivity contribution is -0.147. The molecule has 0 unspecified atom stereocenters. The molecule has 2 saturated heterocycles. The van der Waals surface area contributed by atoms with E-state index in [-0.39, 0.29) is 56.7 Å². The molecule has 2 aliphatic rings. The van der Waals surface area contributed by atoms with Gasteiger partial charge in [-0.25, -0.2) is 18.0 Å². The first-order chi connectivity index (χ1) is 59.0. The number of hydrogen-bond donors (Lipinski definition) is 6. The number of carbonyl (C=O) groups excluding carboxylic acids is 7. The van der Waals surface area contributed by atoms with Gasteiger partial charge in [0.05, 0.1) is 23.9 Å². The average Bonchev–Trinajstić information content (AvgIpc) is 0.845. The fraction of sp³-hybridized carbons (Fsp3) is 0.245. The number of hydrogen-bond acceptors (Lipinski definition) is 15. The highest BCUT2D eigenvalue weighted by Gasteiger charge is 2.43. The molecule has 2 aromatic heterocycles. The van der Waals surface area contributed by atoms with E-state index in [9.17, 15) is 52.2 Å². The summed E-state index contributed by atoms with van der Waals surface area (Å²) in [5.41, 5.74) is 48.4. The lowest BCUT2D eigenvalue weighted by Crippen LogP contribution is -2.62. The second-order valence-corrected chi connectivity index (χ2v) is 31.3. The van der Waals surface area contributed by atoms with Crippen molar-refractivity contribution in [1.82, 2.24) is 49.2 Å². The van der Waals surface area contributed by atoms with Crippen molar-refractivity contribution in [2.45, 2.75) is 97.7 Å². The average molecular weight is 1680 g/mol. The van der Waals surface area contributed by atoms with Gasteiger partial charge in [-0.2, -0.15) is 14.5 Å². The molecule has 0 saturated carbocycles. The maximum Gasteiger partial charge on any atom is 0.408 e. The number of sulfonamides is 1. The number of aromatic nitrogens is 4. The summed E-state index contributed by atoms with van der Waals surface area (Å²) in [5.74, 6) is 10.3. The van der Waals surface area contributed by atoms with Crippen molar-refractivity contribution in [1.29, 1.82) is 0 Å². The molecule has 26 heteroatoms. The van der Waals surface area contributed by atoms with Gasteiger partial charge < -0.3 is 55.7 Å². The maximum atomic E-state index is 14.2. The minimum absolute atomic E-state index is 0.0195. The van der Waals surface area contributed by atoms with E-state index < -0.39 is 81.2 Å². The van der Waals surface area contributed by atoms with Gasteiger partial charge in [0.15, 0.2) is 0 Å². The smallest absolute Gasteiger partial charge is 0.408 e. The third-order valence-electron chi connectivity index (χ3n) is 17.4. The van der Waals surface area contributed by atoms with Gasteiger partial charge in [0.1, 0.15) is 58.3 Å². The standard InChI is InChI=1S/C39H42N6O6.C38H42N6O7S.C11H4.C10H4/c1-25-12-19-33(47)31(22-25)34-29(23-43(6)42-34)16-13-27-14-17-30(18-15-27)40-36(48)32-24-44(26(2)46)20-21-45(32)37(49)35(28-10-8-7-9-11-28)41-38(50)51-39(3,4)5;1-25-12-19-32(45)30(22-25)33-28(23-42(5)41-33)16-13-26-14-17-29(18-15-26)39-35(46)31-24-43(52(6,49)50)20-21-44(31)36(47)34(27-10-8-7-9-11-27)40-37(48)51-38(2,3)4;1-3-5-7-9-11-10-8-6-4-2;1-3-5-7-9-10-8-6-4-2/h7-12,14-15,17-19,22-23,32,35,47H,20-21,24H2,1-6H3,(H,40,48)(H,41,50);7-12,14-15,17-19,22-23,31,34,45H,20-21,24H2,1-6H3,(H,39,46)(H,40,48);1-2H2;1-2H2/t32-,35+;31-,34+;;/m00../s1. The van der Waals surface area contributed by atoms with Crippen LogP contribution in [0.25, 0.3) is 22.5 Å². The van der Waals surface area contributed by atoms with Crippen LogP contribution in [0.15, 0.2) is 282 Å². The number of piperazine rings is 2. The summed E-state index contributed by atoms with van der Waals surface area (Å²) in [5, 5.41) is 40.9. The van der Waals surface area contributed by atoms with E-state index in [0.29, 0.717) is 67.3 Å². The highest BCUT2D eigenvalue weighted by molar-refractivity contribution is 7.88. The highest BCUT2D eigenvalue weighted by atomic mass is 32.2. The van der Waals surface area contributed by atoms with Crippen molar-refractivity contribution in [3.05, 3.63) is 326 Å². The molecular formula is C98H92N12O13S. The topological polar surface area (TPSA) is 309 Å². The van der Waals surface area contributed by atoms with Crippen molar-refractivity contribution >= 4 is 63.1 Å². The Morgan fingerprint density at radius 1 is 0.476 bits per heavy atom. The first-order valence-corrected chi connectivity index (χ1v) is 40.1. The molecule has 8 aromatic rings. The molecule has 0 radical (unpaired) electrons. The molecule has 10 rings (SSSR count). The van der Waals surface area contributed by atoms with Crippen molar-refractivity contribution in [3.63, 3.8) is 0 Å². The number of ether oxygens (including phenoxy) is 2. The Hall–Kier alpha value is -16.0. The number of aryl methyl sites for hydroxylation is 4. The monoisotopic (exact) mass is 1680 g/mol. The second kappa shape index (κ2) is 45.8. The van der Waals surface area contributed by atoms with Crippen LogP contribution in [-0.2, 0) is 57.6 Å². The van der Waals surface area contributed by atoms with Gasteiger partial charge >= 0.3 is 12.2 Å². The highest BCUT2D eigenvalue weighted by Crippen LogP contribution is 2.34. The zero-order valence-electron chi connectivity index (χ0n) is 70.8. The number of carbonyl (C=O) groups is 7. The molecular weight excluding hydrogens is 1590 g/mol. The molecule has 2 fully saturated rings. The minimum Gasteiger partial charge on any atom is -0.507 e. The SMILES string of the molecule is C=C=C=C=C=C=C=C=C=C.C=C=C=C=C=C=C=C=C=C=C.CC(=O)N1CCN(C(=O)[C@H](NC(=O)OC(C)(C)C)c2ccccc2)[C@H](C(=O)Nc2ccc(C#Cc3cn(C)nc3-c3cc(C)ccc3O)cc2)C1.Cc1ccc(O)c(-c2nn(C)cc2C#Cc2ccc(NC(=O)[C@@H]3CN(S(C)(=O)=O)CCN3C(=O)[C@H](NC(=O)OC(C)(C)C)c3ccccc3)cc2)c1. The molecule has 0 spiro atoms. The van der Waals surface area contributed by atoms with Gasteiger partial charge in [-0.3, -0.25) is 33.3 Å². The number of anilines is 2. The van der Waals surface area contributed by atoms with Crippen LogP contribution in [0, 0.1) is 37.5 Å². The number of benzene rings is 6. The van der Waals surface area contributed by atoms with Crippen LogP contribution < -0.4 is 21.3 Å². The van der Waals surface area contributed by atoms with E-state index in [1.807, 2.05) is 38.1 Å². The molecule has 2 aliphatic heterocycles. The summed E-state index contributed by atoms with van der Waals surface area (Å²) in [6, 6.07) is 36.9. The van der Waals surface area contributed by atoms with Crippen LogP contribution in [-0.4, -0.2) is 168 Å². The quantitative estimate of drug-likeness (QED) is 0.0462. The molecule has 6 N–H and O–H groups in total. The lowest BCUT2D eigenvalue weighted by atomic mass is 10.0. The predicted octanol–water partition coefficient (Wildman–Crippen LogP) is 13.2. The normalized spacial score (nSPS) is 13.3. The van der Waals surface area contributed by atoms with Gasteiger partial charge in [0.2, 0.25) is 27.7 Å². The first kappa shape index (κ1) is 95.1. The summed E-state index contributed by atoms with van der Waals surface area (Å²) in [6.45, 7) is 28.5. The fourth-order valence-electron chi connectivity index (χ4n) is 11.9. The van der Waals surface area contributed by atoms with Crippen molar-refractivity contribution in [2.24, 2.45) is 14.1 Å². The number of phenols is 2. The number of alkyl carbamates (subject to hydrolysis) is 2. The van der Waals surface area contributed by atoms with Gasteiger partial charge in [0, 0.05) is 99.8 Å². The lowest BCUT2D eigenvalue weighted by Gasteiger charge is -2.41. The van der Waals surface area contributed by atoms with Crippen LogP contribution in [0.3, 0.4) is 0 Å². The van der Waals surface area contributed by atoms with Crippen molar-refractivity contribution < 1.29 is 61.7 Å². The third kappa shape index (κ3) is 30.1. The van der Waals surface area contributed by atoms with Crippen molar-refractivity contribution in [2.75, 3.05) is 56.2 Å². The van der Waals surface area contributed by atoms with Gasteiger partial charge in [-0.15, -0.1) is 0 Å². The Bertz CT molecular complexity index is 6220. The summed E-state index contributed by atoms with van der Waals surface area (Å²) >= 11 is 0. The van der Waals surface area contributed by atoms with Gasteiger partial charge in [0.25, 0.3) is 11.8 Å². The number of aromatic hydroxyl groups is 2. The molecule has 4 atom stereocenters. The van der Waals surface area contributed by atoms with Gasteiger partial charge in [-0.1, -0.05) is 131 Å². The van der Waals surface area contributed by atoms with E-state index in [1.54, 1.807) is 199 Å². The minimum atomic E-state index is -3.69. The summed E-state index contributed by atoms with van der Waals surface area (Å²) < 4.78 is 40.4. The molecule has 7 amide bonds. The number of nitrogens with zero attached hydrogens (tertiary/aromatic N) is 8. The van der Waals surface area contributed by atoms with E-state index >= 15 is 0 Å². The zero-order valence-corrected chi connectivity index (χ0v) is 71.6. The Morgan fingerprint density at radius 2 is 0.823 bits per heavy atom. The Balaban J connectivity index is 0.000000276. The largest absolute Gasteiger partial charge is 0.507 e. The van der Waals surface area contributed by atoms with E-state index in [2.05, 4.69) is 179 Å². The molecule has 6 aromatic carbocycles. The molecule has 0 bridgehead atoms. The van der Waals surface area contributed by atoms with Crippen molar-refractivity contribution in [3.8, 4) is 57.7 Å². The van der Waals surface area contributed by atoms with E-state index in [0.717, 1.165) is 21.7 Å². The Labute approximate surface area is 721 Å². The molecule has 0 aliphatic carbocycles. The molecule has 628 valence electrons. The number of nitrogens with one attached hydrogen (secondary N) is 4. The number of rotatable bonds is 13. The summed E-state index contributed by atoms with van der Waals surface area (Å²) in [4.78, 5) is 98.3. The number of amides is 7. The fourth-order valence-corrected chi connectivity index (χ4v) is 12.7. The van der Waals surface area contributed by atoms with E-state index in [1.165, 1.54) is 21.6 Å². The second-order valence-electron chi connectivity index (χ2n) is 29.3. The Kier molecular flexibility index (Phi) is 35.2. The van der Waals surface area contributed by atoms with Crippen LogP contribution in [0.4, 0.5) is 21.0 Å². The zero-order chi connectivity index (χ0) is 90.7. The van der Waals surface area contributed by atoms with Crippen LogP contribution in [0.5, 0.6) is 11.5 Å². The third-order valence-corrected chi connectivity index (χ3v) is 18.7. The summed E-state index contributed by atoms with van der Waals surface area (Å²) in [7, 11) is -0.135. The van der Waals surface area contributed by atoms with Crippen LogP contribution in [0.1, 0.15) is 105 Å². The molecule has 124 heavy (non-hydrogen) atoms. The predicted molar refractivity (Wildman–Crippen MR) is 471 cm³/mol. The van der Waals surface area contributed by atoms with Gasteiger partial charge in [-0.05, 0) is 240 Å². The number of phenolic OH excluding ortho intramolecular Hbond substituents is 2. The summed E-state index contributed by atoms with van der Waals surface area (Å²) in [6.07, 6.45) is 3.01. The Morgan fingerprint density at radius 3 is 1.16 bits per heavy atom. The molecule has 4 heterocycles. The first-order valence-electron chi connectivity index (χ1n) is 38.3. The van der Waals surface area contributed by atoms with Crippen LogP contribution >= 0.6 is 0 Å². The van der Waals surface area contributed by atoms with E-state index in [4.69, 9.17) is 9.47 Å². The molecule has 25 nitrogen and oxygen atoms in total. The maximum absolute atomic E-state index is 14.2.